The second-order valence-corrected chi connectivity index (χ2v) is 7.01. The normalized spacial score (nSPS) is 15.4. The summed E-state index contributed by atoms with van der Waals surface area (Å²) in [7, 11) is 1.70. The fourth-order valence-electron chi connectivity index (χ4n) is 3.25. The van der Waals surface area contributed by atoms with Gasteiger partial charge in [0, 0.05) is 21.3 Å². The van der Waals surface area contributed by atoms with Crippen LogP contribution in [0.5, 0.6) is 5.75 Å². The molecule has 1 N–H and O–H groups in total. The lowest BCUT2D eigenvalue weighted by molar-refractivity contribution is 0.401. The lowest BCUT2D eigenvalue weighted by atomic mass is 10.0. The third kappa shape index (κ3) is 2.40. The molecule has 1 aromatic heterocycles. The molecular formula is C19H18BrN3O. The molecule has 5 heteroatoms. The van der Waals surface area contributed by atoms with Gasteiger partial charge in [0.15, 0.2) is 6.17 Å². The molecule has 0 fully saturated rings. The number of hydrogen-bond acceptors (Lipinski definition) is 3. The van der Waals surface area contributed by atoms with Crippen LogP contribution in [-0.2, 0) is 0 Å². The molecule has 2 aromatic carbocycles. The number of ether oxygens (including phenoxy) is 1. The number of halogens is 1. The van der Waals surface area contributed by atoms with Crippen molar-refractivity contribution in [1.29, 1.82) is 0 Å². The van der Waals surface area contributed by atoms with E-state index in [1.807, 2.05) is 23.7 Å². The zero-order valence-electron chi connectivity index (χ0n) is 13.8. The first-order chi connectivity index (χ1) is 11.6. The van der Waals surface area contributed by atoms with Crippen LogP contribution in [0.4, 0.5) is 5.69 Å². The number of anilines is 1. The fraction of sp³-hybridized carbons (Fsp3) is 0.211. The smallest absolute Gasteiger partial charge is 0.150 e. The van der Waals surface area contributed by atoms with E-state index in [1.54, 1.807) is 7.11 Å². The fourth-order valence-corrected chi connectivity index (χ4v) is 3.63. The van der Waals surface area contributed by atoms with Gasteiger partial charge in [-0.25, -0.2) is 4.68 Å². The van der Waals surface area contributed by atoms with Crippen LogP contribution in [0, 0.1) is 13.8 Å². The van der Waals surface area contributed by atoms with Crippen LogP contribution >= 0.6 is 15.9 Å². The monoisotopic (exact) mass is 383 g/mol. The van der Waals surface area contributed by atoms with Crippen molar-refractivity contribution in [2.24, 2.45) is 0 Å². The van der Waals surface area contributed by atoms with Crippen molar-refractivity contribution in [2.75, 3.05) is 12.4 Å². The van der Waals surface area contributed by atoms with E-state index in [2.05, 4.69) is 58.5 Å². The molecule has 0 radical (unpaired) electrons. The van der Waals surface area contributed by atoms with Crippen molar-refractivity contribution < 1.29 is 4.74 Å². The van der Waals surface area contributed by atoms with Gasteiger partial charge in [0.25, 0.3) is 0 Å². The minimum atomic E-state index is -0.114. The van der Waals surface area contributed by atoms with Crippen molar-refractivity contribution in [3.8, 4) is 17.0 Å². The van der Waals surface area contributed by atoms with Crippen LogP contribution in [0.25, 0.3) is 11.3 Å². The quantitative estimate of drug-likeness (QED) is 0.682. The van der Waals surface area contributed by atoms with Gasteiger partial charge in [-0.05, 0) is 50.2 Å². The van der Waals surface area contributed by atoms with E-state index in [9.17, 15) is 0 Å². The van der Waals surface area contributed by atoms with Gasteiger partial charge in [-0.3, -0.25) is 0 Å². The third-order valence-corrected chi connectivity index (χ3v) is 4.83. The Hall–Kier alpha value is -2.27. The first kappa shape index (κ1) is 15.3. The van der Waals surface area contributed by atoms with E-state index in [1.165, 1.54) is 11.1 Å². The second-order valence-electron chi connectivity index (χ2n) is 6.10. The Kier molecular flexibility index (Phi) is 3.61. The molecule has 1 aliphatic heterocycles. The maximum absolute atomic E-state index is 5.58. The topological polar surface area (TPSA) is 39.1 Å². The van der Waals surface area contributed by atoms with Gasteiger partial charge in [-0.1, -0.05) is 27.6 Å². The maximum Gasteiger partial charge on any atom is 0.150 e. The van der Waals surface area contributed by atoms with Crippen molar-refractivity contribution in [2.45, 2.75) is 20.0 Å². The van der Waals surface area contributed by atoms with Gasteiger partial charge in [0.2, 0.25) is 0 Å². The summed E-state index contributed by atoms with van der Waals surface area (Å²) in [6.45, 7) is 4.13. The van der Waals surface area contributed by atoms with Crippen LogP contribution < -0.4 is 10.1 Å². The van der Waals surface area contributed by atoms with E-state index in [0.717, 1.165) is 32.9 Å². The standard InChI is InChI=1S/C19H18BrN3O/c1-11-4-6-16-14(8-11)17-9-12(2)22-23(17)19(21-16)15-10-13(20)5-7-18(15)24-3/h4-10,19,21H,1-3H3/t19-/m0/s1. The number of nitrogens with zero attached hydrogens (tertiary/aromatic N) is 2. The maximum atomic E-state index is 5.58. The molecule has 24 heavy (non-hydrogen) atoms. The molecule has 2 heterocycles. The largest absolute Gasteiger partial charge is 0.496 e. The summed E-state index contributed by atoms with van der Waals surface area (Å²) in [5.74, 6) is 0.838. The van der Waals surface area contributed by atoms with Crippen LogP contribution in [0.2, 0.25) is 0 Å². The van der Waals surface area contributed by atoms with Gasteiger partial charge in [0.1, 0.15) is 5.75 Å². The van der Waals surface area contributed by atoms with Crippen LogP contribution in [0.3, 0.4) is 0 Å². The number of hydrogen-bond donors (Lipinski definition) is 1. The molecule has 0 bridgehead atoms. The molecule has 0 saturated heterocycles. The molecule has 0 aliphatic carbocycles. The number of aryl methyl sites for hydroxylation is 2. The average molecular weight is 384 g/mol. The van der Waals surface area contributed by atoms with Crippen molar-refractivity contribution in [1.82, 2.24) is 9.78 Å². The van der Waals surface area contributed by atoms with Crippen LogP contribution in [-0.4, -0.2) is 16.9 Å². The number of benzene rings is 2. The van der Waals surface area contributed by atoms with E-state index in [0.29, 0.717) is 0 Å². The number of rotatable bonds is 2. The molecule has 4 nitrogen and oxygen atoms in total. The summed E-state index contributed by atoms with van der Waals surface area (Å²) in [4.78, 5) is 0. The highest BCUT2D eigenvalue weighted by Gasteiger charge is 2.28. The van der Waals surface area contributed by atoms with Gasteiger partial charge < -0.3 is 10.1 Å². The van der Waals surface area contributed by atoms with Gasteiger partial charge in [0.05, 0.1) is 18.5 Å². The van der Waals surface area contributed by atoms with E-state index in [-0.39, 0.29) is 6.17 Å². The highest BCUT2D eigenvalue weighted by Crippen LogP contribution is 2.41. The van der Waals surface area contributed by atoms with E-state index < -0.39 is 0 Å². The molecule has 0 saturated carbocycles. The molecule has 0 unspecified atom stereocenters. The Morgan fingerprint density at radius 1 is 1.12 bits per heavy atom. The zero-order valence-corrected chi connectivity index (χ0v) is 15.4. The molecular weight excluding hydrogens is 366 g/mol. The summed E-state index contributed by atoms with van der Waals surface area (Å²) < 4.78 is 8.64. The van der Waals surface area contributed by atoms with Crippen LogP contribution in [0.15, 0.2) is 46.9 Å². The molecule has 4 rings (SSSR count). The average Bonchev–Trinajstić information content (AvgIpc) is 2.96. The first-order valence-corrected chi connectivity index (χ1v) is 8.63. The Balaban J connectivity index is 1.93. The molecule has 1 aliphatic rings. The number of methoxy groups -OCH3 is 1. The Morgan fingerprint density at radius 3 is 2.75 bits per heavy atom. The van der Waals surface area contributed by atoms with Crippen molar-refractivity contribution >= 4 is 21.6 Å². The summed E-state index contributed by atoms with van der Waals surface area (Å²) in [6, 6.07) is 14.6. The lowest BCUT2D eigenvalue weighted by Gasteiger charge is -2.30. The summed E-state index contributed by atoms with van der Waals surface area (Å²) in [5.41, 5.74) is 6.69. The summed E-state index contributed by atoms with van der Waals surface area (Å²) in [5, 5.41) is 8.34. The lowest BCUT2D eigenvalue weighted by Crippen LogP contribution is -2.26. The van der Waals surface area contributed by atoms with Crippen molar-refractivity contribution in [3.05, 3.63) is 63.8 Å². The molecule has 122 valence electrons. The second kappa shape index (κ2) is 5.67. The number of fused-ring (bicyclic) bond motifs is 3. The summed E-state index contributed by atoms with van der Waals surface area (Å²) >= 11 is 3.57. The molecule has 3 aromatic rings. The molecule has 1 atom stereocenters. The summed E-state index contributed by atoms with van der Waals surface area (Å²) in [6.07, 6.45) is -0.114. The zero-order chi connectivity index (χ0) is 16.8. The minimum absolute atomic E-state index is 0.114. The third-order valence-electron chi connectivity index (χ3n) is 4.33. The Morgan fingerprint density at radius 2 is 1.96 bits per heavy atom. The highest BCUT2D eigenvalue weighted by atomic mass is 79.9. The van der Waals surface area contributed by atoms with Crippen LogP contribution in [0.1, 0.15) is 23.0 Å². The first-order valence-electron chi connectivity index (χ1n) is 7.84. The Labute approximate surface area is 149 Å². The van der Waals surface area contributed by atoms with Gasteiger partial charge in [-0.2, -0.15) is 5.10 Å². The highest BCUT2D eigenvalue weighted by molar-refractivity contribution is 9.10. The predicted octanol–water partition coefficient (Wildman–Crippen LogP) is 4.91. The van der Waals surface area contributed by atoms with E-state index >= 15 is 0 Å². The number of nitrogens with one attached hydrogen (secondary N) is 1. The van der Waals surface area contributed by atoms with Crippen molar-refractivity contribution in [3.63, 3.8) is 0 Å². The van der Waals surface area contributed by atoms with Gasteiger partial charge in [-0.15, -0.1) is 0 Å². The molecule has 0 spiro atoms. The SMILES string of the molecule is COc1ccc(Br)cc1[C@H]1Nc2ccc(C)cc2-c2cc(C)nn21. The Bertz CT molecular complexity index is 932. The van der Waals surface area contributed by atoms with Gasteiger partial charge >= 0.3 is 0 Å². The number of aromatic nitrogens is 2. The minimum Gasteiger partial charge on any atom is -0.496 e. The molecule has 0 amide bonds. The predicted molar refractivity (Wildman–Crippen MR) is 99.6 cm³/mol. The van der Waals surface area contributed by atoms with E-state index in [4.69, 9.17) is 9.84 Å².